The third kappa shape index (κ3) is 6.50. The van der Waals surface area contributed by atoms with Crippen molar-refractivity contribution < 1.29 is 23.7 Å². The average molecular weight is 435 g/mol. The van der Waals surface area contributed by atoms with E-state index in [0.717, 1.165) is 24.9 Å². The molecule has 2 atom stereocenters. The molecule has 0 aliphatic carbocycles. The normalized spacial score (nSPS) is 16.0. The summed E-state index contributed by atoms with van der Waals surface area (Å²) in [5.41, 5.74) is 1.13. The van der Waals surface area contributed by atoms with Crippen LogP contribution in [0.2, 0.25) is 5.02 Å². The molecule has 1 aromatic carbocycles. The summed E-state index contributed by atoms with van der Waals surface area (Å²) in [6, 6.07) is 7.83. The maximum Gasteiger partial charge on any atom is 0.350 e. The molecule has 1 aromatic heterocycles. The van der Waals surface area contributed by atoms with Gasteiger partial charge in [0.15, 0.2) is 11.5 Å². The van der Waals surface area contributed by atoms with E-state index in [1.165, 1.54) is 0 Å². The van der Waals surface area contributed by atoms with Crippen molar-refractivity contribution in [1.29, 1.82) is 0 Å². The SMILES string of the molecule is CCOC(=O)[C@H]1COc2cc(C[C@@H](C)NCCCOc3cncc(Cl)c3)ccc2O1. The summed E-state index contributed by atoms with van der Waals surface area (Å²) in [5, 5.41) is 4.05. The highest BCUT2D eigenvalue weighted by Crippen LogP contribution is 2.33. The second kappa shape index (κ2) is 11.0. The molecule has 0 unspecified atom stereocenters. The summed E-state index contributed by atoms with van der Waals surface area (Å²) in [7, 11) is 0. The number of hydrogen-bond donors (Lipinski definition) is 1. The minimum absolute atomic E-state index is 0.158. The zero-order valence-corrected chi connectivity index (χ0v) is 18.0. The largest absolute Gasteiger partial charge is 0.492 e. The van der Waals surface area contributed by atoms with E-state index in [1.54, 1.807) is 25.4 Å². The van der Waals surface area contributed by atoms with Crippen molar-refractivity contribution in [3.63, 3.8) is 0 Å². The smallest absolute Gasteiger partial charge is 0.350 e. The fraction of sp³-hybridized carbons (Fsp3) is 0.455. The number of carbonyl (C=O) groups is 1. The van der Waals surface area contributed by atoms with Gasteiger partial charge in [-0.25, -0.2) is 4.79 Å². The predicted molar refractivity (Wildman–Crippen MR) is 114 cm³/mol. The molecule has 0 saturated heterocycles. The standard InChI is InChI=1S/C22H27ClN2O5/c1-3-27-22(26)21-14-29-20-10-16(5-6-19(20)30-21)9-15(2)25-7-4-8-28-18-11-17(23)12-24-13-18/h5-6,10-13,15,21,25H,3-4,7-9,14H2,1-2H3/t15-,21-/m1/s1. The zero-order valence-electron chi connectivity index (χ0n) is 17.2. The molecule has 7 nitrogen and oxygen atoms in total. The van der Waals surface area contributed by atoms with Crippen LogP contribution in [-0.2, 0) is 16.0 Å². The van der Waals surface area contributed by atoms with Crippen molar-refractivity contribution >= 4 is 17.6 Å². The van der Waals surface area contributed by atoms with Gasteiger partial charge >= 0.3 is 5.97 Å². The Hall–Kier alpha value is -2.51. The van der Waals surface area contributed by atoms with Crippen molar-refractivity contribution in [2.45, 2.75) is 38.8 Å². The van der Waals surface area contributed by atoms with Crippen molar-refractivity contribution in [3.05, 3.63) is 47.2 Å². The number of nitrogens with zero attached hydrogens (tertiary/aromatic N) is 1. The quantitative estimate of drug-likeness (QED) is 0.453. The first-order valence-corrected chi connectivity index (χ1v) is 10.5. The minimum atomic E-state index is -0.714. The van der Waals surface area contributed by atoms with Gasteiger partial charge in [0, 0.05) is 18.3 Å². The summed E-state index contributed by atoms with van der Waals surface area (Å²) in [4.78, 5) is 15.8. The molecular formula is C22H27ClN2O5. The summed E-state index contributed by atoms with van der Waals surface area (Å²) in [6.07, 6.45) is 4.23. The molecule has 8 heteroatoms. The molecule has 1 aliphatic heterocycles. The second-order valence-corrected chi connectivity index (χ2v) is 7.49. The van der Waals surface area contributed by atoms with Gasteiger partial charge in [-0.05, 0) is 50.9 Å². The summed E-state index contributed by atoms with van der Waals surface area (Å²) in [5.74, 6) is 1.50. The number of nitrogens with one attached hydrogen (secondary N) is 1. The number of halogens is 1. The molecule has 30 heavy (non-hydrogen) atoms. The van der Waals surface area contributed by atoms with Gasteiger partial charge in [0.05, 0.1) is 24.4 Å². The Morgan fingerprint density at radius 3 is 3.00 bits per heavy atom. The predicted octanol–water partition coefficient (Wildman–Crippen LogP) is 3.43. The van der Waals surface area contributed by atoms with Gasteiger partial charge in [-0.1, -0.05) is 17.7 Å². The van der Waals surface area contributed by atoms with Gasteiger partial charge in [0.25, 0.3) is 0 Å². The highest BCUT2D eigenvalue weighted by atomic mass is 35.5. The van der Waals surface area contributed by atoms with Crippen LogP contribution in [0.5, 0.6) is 17.2 Å². The van der Waals surface area contributed by atoms with Gasteiger partial charge in [0.1, 0.15) is 12.4 Å². The van der Waals surface area contributed by atoms with E-state index in [2.05, 4.69) is 17.2 Å². The number of ether oxygens (including phenoxy) is 4. The number of benzene rings is 1. The van der Waals surface area contributed by atoms with Gasteiger partial charge in [0.2, 0.25) is 6.10 Å². The average Bonchev–Trinajstić information content (AvgIpc) is 2.73. The number of esters is 1. The minimum Gasteiger partial charge on any atom is -0.492 e. The van der Waals surface area contributed by atoms with E-state index in [1.807, 2.05) is 18.2 Å². The Morgan fingerprint density at radius 2 is 2.20 bits per heavy atom. The first kappa shape index (κ1) is 22.2. The molecule has 1 aliphatic rings. The van der Waals surface area contributed by atoms with E-state index < -0.39 is 12.1 Å². The Bertz CT molecular complexity index is 848. The lowest BCUT2D eigenvalue weighted by atomic mass is 10.1. The molecule has 0 spiro atoms. The van der Waals surface area contributed by atoms with Crippen LogP contribution in [-0.4, -0.2) is 49.5 Å². The highest BCUT2D eigenvalue weighted by Gasteiger charge is 2.28. The van der Waals surface area contributed by atoms with Crippen molar-refractivity contribution in [2.24, 2.45) is 0 Å². The van der Waals surface area contributed by atoms with Crippen LogP contribution in [0.15, 0.2) is 36.7 Å². The number of fused-ring (bicyclic) bond motifs is 1. The van der Waals surface area contributed by atoms with Gasteiger partial charge < -0.3 is 24.3 Å². The van der Waals surface area contributed by atoms with E-state index in [4.69, 9.17) is 30.5 Å². The Kier molecular flexibility index (Phi) is 8.16. The van der Waals surface area contributed by atoms with Crippen molar-refractivity contribution in [1.82, 2.24) is 10.3 Å². The first-order chi connectivity index (χ1) is 14.5. The van der Waals surface area contributed by atoms with Crippen molar-refractivity contribution in [3.8, 4) is 17.2 Å². The topological polar surface area (TPSA) is 78.9 Å². The maximum absolute atomic E-state index is 11.8. The molecule has 0 bridgehead atoms. The molecule has 0 fully saturated rings. The third-order valence-electron chi connectivity index (χ3n) is 4.52. The van der Waals surface area contributed by atoms with Gasteiger partial charge in [-0.3, -0.25) is 4.98 Å². The molecular weight excluding hydrogens is 408 g/mol. The summed E-state index contributed by atoms with van der Waals surface area (Å²) in [6.45, 7) is 5.80. The molecule has 2 aromatic rings. The highest BCUT2D eigenvalue weighted by molar-refractivity contribution is 6.30. The van der Waals surface area contributed by atoms with Crippen LogP contribution in [0.25, 0.3) is 0 Å². The lowest BCUT2D eigenvalue weighted by molar-refractivity contribution is -0.153. The number of pyridine rings is 1. The second-order valence-electron chi connectivity index (χ2n) is 7.05. The van der Waals surface area contributed by atoms with E-state index >= 15 is 0 Å². The zero-order chi connectivity index (χ0) is 21.3. The molecule has 1 N–H and O–H groups in total. The van der Waals surface area contributed by atoms with E-state index in [-0.39, 0.29) is 12.6 Å². The van der Waals surface area contributed by atoms with Crippen LogP contribution in [0, 0.1) is 0 Å². The van der Waals surface area contributed by atoms with E-state index in [0.29, 0.717) is 35.5 Å². The van der Waals surface area contributed by atoms with Crippen LogP contribution in [0.3, 0.4) is 0 Å². The first-order valence-electron chi connectivity index (χ1n) is 10.1. The number of aromatic nitrogens is 1. The number of carbonyl (C=O) groups excluding carboxylic acids is 1. The van der Waals surface area contributed by atoms with Gasteiger partial charge in [-0.15, -0.1) is 0 Å². The monoisotopic (exact) mass is 434 g/mol. The molecule has 0 saturated carbocycles. The fourth-order valence-corrected chi connectivity index (χ4v) is 3.27. The van der Waals surface area contributed by atoms with Crippen molar-refractivity contribution in [2.75, 3.05) is 26.4 Å². The maximum atomic E-state index is 11.8. The lowest BCUT2D eigenvalue weighted by Gasteiger charge is -2.25. The molecule has 0 radical (unpaired) electrons. The fourth-order valence-electron chi connectivity index (χ4n) is 3.10. The van der Waals surface area contributed by atoms with Gasteiger partial charge in [-0.2, -0.15) is 0 Å². The number of rotatable bonds is 10. The third-order valence-corrected chi connectivity index (χ3v) is 4.73. The molecule has 3 rings (SSSR count). The molecule has 2 heterocycles. The van der Waals surface area contributed by atoms with Crippen LogP contribution >= 0.6 is 11.6 Å². The Morgan fingerprint density at radius 1 is 1.33 bits per heavy atom. The van der Waals surface area contributed by atoms with Crippen LogP contribution in [0.1, 0.15) is 25.8 Å². The summed E-state index contributed by atoms with van der Waals surface area (Å²) >= 11 is 5.89. The van der Waals surface area contributed by atoms with Crippen LogP contribution < -0.4 is 19.5 Å². The Balaban J connectivity index is 1.39. The Labute approximate surface area is 181 Å². The lowest BCUT2D eigenvalue weighted by Crippen LogP contribution is -2.37. The molecule has 0 amide bonds. The van der Waals surface area contributed by atoms with E-state index in [9.17, 15) is 4.79 Å². The molecule has 162 valence electrons. The number of hydrogen-bond acceptors (Lipinski definition) is 7. The summed E-state index contributed by atoms with van der Waals surface area (Å²) < 4.78 is 22.0. The van der Waals surface area contributed by atoms with Crippen LogP contribution in [0.4, 0.5) is 0 Å².